The summed E-state index contributed by atoms with van der Waals surface area (Å²) in [5.74, 6) is 0.737. The molecule has 4 nitrogen and oxygen atoms in total. The third-order valence-corrected chi connectivity index (χ3v) is 3.70. The number of hydrogen-bond donors (Lipinski definition) is 2. The molecule has 6 heteroatoms. The van der Waals surface area contributed by atoms with E-state index in [0.29, 0.717) is 13.1 Å². The summed E-state index contributed by atoms with van der Waals surface area (Å²) in [5.41, 5.74) is 1.12. The maximum atomic E-state index is 6.14. The first-order valence-corrected chi connectivity index (χ1v) is 7.47. The number of hydrogen-bond acceptors (Lipinski definition) is 2. The minimum absolute atomic E-state index is 0. The number of nitrogens with one attached hydrogen (secondary N) is 2. The Morgan fingerprint density at radius 1 is 1.27 bits per heavy atom. The molecule has 2 N–H and O–H groups in total. The molecule has 22 heavy (non-hydrogen) atoms. The van der Waals surface area contributed by atoms with E-state index in [9.17, 15) is 0 Å². The fourth-order valence-corrected chi connectivity index (χ4v) is 2.18. The van der Waals surface area contributed by atoms with E-state index < -0.39 is 0 Å². The Kier molecular flexibility index (Phi) is 10.0. The van der Waals surface area contributed by atoms with E-state index in [1.54, 1.807) is 14.2 Å². The van der Waals surface area contributed by atoms with Gasteiger partial charge in [-0.15, -0.1) is 24.0 Å². The van der Waals surface area contributed by atoms with Crippen molar-refractivity contribution in [1.82, 2.24) is 10.6 Å². The molecule has 0 saturated carbocycles. The summed E-state index contributed by atoms with van der Waals surface area (Å²) < 4.78 is 5.53. The third-order valence-electron chi connectivity index (χ3n) is 3.33. The van der Waals surface area contributed by atoms with Gasteiger partial charge >= 0.3 is 0 Å². The van der Waals surface area contributed by atoms with Crippen LogP contribution < -0.4 is 10.6 Å². The fraction of sp³-hybridized carbons (Fsp3) is 0.562. The summed E-state index contributed by atoms with van der Waals surface area (Å²) >= 11 is 6.14. The van der Waals surface area contributed by atoms with Crippen molar-refractivity contribution in [3.05, 3.63) is 34.9 Å². The Morgan fingerprint density at radius 2 is 1.91 bits per heavy atom. The number of guanidine groups is 1. The van der Waals surface area contributed by atoms with Crippen molar-refractivity contribution in [2.45, 2.75) is 33.4 Å². The van der Waals surface area contributed by atoms with Gasteiger partial charge in [-0.1, -0.05) is 50.6 Å². The molecule has 0 heterocycles. The summed E-state index contributed by atoms with van der Waals surface area (Å²) in [6, 6.07) is 7.77. The highest BCUT2D eigenvalue weighted by atomic mass is 127. The first-order valence-electron chi connectivity index (χ1n) is 7.09. The minimum Gasteiger partial charge on any atom is -0.379 e. The molecule has 1 rings (SSSR count). The van der Waals surface area contributed by atoms with E-state index in [4.69, 9.17) is 16.3 Å². The highest BCUT2D eigenvalue weighted by Crippen LogP contribution is 2.20. The van der Waals surface area contributed by atoms with Crippen molar-refractivity contribution < 1.29 is 4.74 Å². The highest BCUT2D eigenvalue weighted by molar-refractivity contribution is 14.0. The maximum absolute atomic E-state index is 6.14. The second-order valence-electron chi connectivity index (χ2n) is 5.99. The van der Waals surface area contributed by atoms with Crippen LogP contribution in [-0.2, 0) is 11.3 Å². The molecule has 1 aromatic carbocycles. The lowest BCUT2D eigenvalue weighted by molar-refractivity contribution is 0.0205. The molecule has 0 aliphatic carbocycles. The first kappa shape index (κ1) is 21.5. The molecule has 1 unspecified atom stereocenters. The SMILES string of the molecule is CN=C(NCc1ccccc1Cl)NCC(OC)C(C)(C)C.I. The Hall–Kier alpha value is -0.530. The van der Waals surface area contributed by atoms with Gasteiger partial charge in [-0.2, -0.15) is 0 Å². The van der Waals surface area contributed by atoms with Crippen LogP contribution in [0.4, 0.5) is 0 Å². The summed E-state index contributed by atoms with van der Waals surface area (Å²) in [6.07, 6.45) is 0.108. The van der Waals surface area contributed by atoms with Crippen LogP contribution in [0.2, 0.25) is 5.02 Å². The lowest BCUT2D eigenvalue weighted by atomic mass is 9.89. The summed E-state index contributed by atoms with van der Waals surface area (Å²) in [6.45, 7) is 7.79. The largest absolute Gasteiger partial charge is 0.379 e. The van der Waals surface area contributed by atoms with Crippen LogP contribution in [0.25, 0.3) is 0 Å². The molecule has 0 aromatic heterocycles. The van der Waals surface area contributed by atoms with E-state index in [1.165, 1.54) is 0 Å². The molecule has 0 saturated heterocycles. The van der Waals surface area contributed by atoms with Crippen molar-refractivity contribution in [1.29, 1.82) is 0 Å². The van der Waals surface area contributed by atoms with Crippen molar-refractivity contribution in [2.24, 2.45) is 10.4 Å². The molecular formula is C16H27ClIN3O. The number of methoxy groups -OCH3 is 1. The van der Waals surface area contributed by atoms with Crippen molar-refractivity contribution in [2.75, 3.05) is 20.7 Å². The number of benzene rings is 1. The van der Waals surface area contributed by atoms with Gasteiger partial charge in [0.15, 0.2) is 5.96 Å². The van der Waals surface area contributed by atoms with E-state index >= 15 is 0 Å². The minimum atomic E-state index is 0. The van der Waals surface area contributed by atoms with E-state index in [0.717, 1.165) is 16.5 Å². The molecule has 0 aliphatic heterocycles. The lowest BCUT2D eigenvalue weighted by Gasteiger charge is -2.30. The van der Waals surface area contributed by atoms with Gasteiger partial charge in [0.05, 0.1) is 6.10 Å². The average molecular weight is 440 g/mol. The predicted molar refractivity (Wildman–Crippen MR) is 105 cm³/mol. The highest BCUT2D eigenvalue weighted by Gasteiger charge is 2.24. The van der Waals surface area contributed by atoms with Crippen LogP contribution in [0, 0.1) is 5.41 Å². The molecule has 126 valence electrons. The number of halogens is 2. The summed E-state index contributed by atoms with van der Waals surface area (Å²) in [5, 5.41) is 7.30. The van der Waals surface area contributed by atoms with Gasteiger partial charge in [-0.05, 0) is 17.0 Å². The second-order valence-corrected chi connectivity index (χ2v) is 6.40. The molecule has 0 bridgehead atoms. The molecule has 0 radical (unpaired) electrons. The second kappa shape index (κ2) is 10.3. The van der Waals surface area contributed by atoms with Crippen LogP contribution in [0.5, 0.6) is 0 Å². The number of rotatable bonds is 5. The first-order chi connectivity index (χ1) is 9.88. The van der Waals surface area contributed by atoms with Crippen LogP contribution in [0.3, 0.4) is 0 Å². The quantitative estimate of drug-likeness (QED) is 0.418. The fourth-order valence-electron chi connectivity index (χ4n) is 1.97. The zero-order chi connectivity index (χ0) is 15.9. The van der Waals surface area contributed by atoms with Gasteiger partial charge in [0.1, 0.15) is 0 Å². The van der Waals surface area contributed by atoms with E-state index in [2.05, 4.69) is 36.4 Å². The summed E-state index contributed by atoms with van der Waals surface area (Å²) in [7, 11) is 3.48. The zero-order valence-corrected chi connectivity index (χ0v) is 17.0. The molecule has 0 amide bonds. The monoisotopic (exact) mass is 439 g/mol. The van der Waals surface area contributed by atoms with Gasteiger partial charge in [0.2, 0.25) is 0 Å². The number of nitrogens with zero attached hydrogens (tertiary/aromatic N) is 1. The standard InChI is InChI=1S/C16H26ClN3O.HI/c1-16(2,3)14(21-5)11-20-15(18-4)19-10-12-8-6-7-9-13(12)17;/h6-9,14H,10-11H2,1-5H3,(H2,18,19,20);1H. The normalized spacial score (nSPS) is 13.3. The molecule has 0 aliphatic rings. The maximum Gasteiger partial charge on any atom is 0.191 e. The molecule has 0 spiro atoms. The van der Waals surface area contributed by atoms with Gasteiger partial charge in [-0.25, -0.2) is 0 Å². The Balaban J connectivity index is 0.00000441. The van der Waals surface area contributed by atoms with Crippen LogP contribution in [0.15, 0.2) is 29.3 Å². The van der Waals surface area contributed by atoms with Gasteiger partial charge in [0, 0.05) is 32.3 Å². The molecule has 1 atom stereocenters. The van der Waals surface area contributed by atoms with Crippen molar-refractivity contribution >= 4 is 41.5 Å². The Labute approximate surface area is 156 Å². The van der Waals surface area contributed by atoms with Crippen LogP contribution in [0.1, 0.15) is 26.3 Å². The molecule has 1 aromatic rings. The Morgan fingerprint density at radius 3 is 2.41 bits per heavy atom. The van der Waals surface area contributed by atoms with Crippen LogP contribution in [-0.4, -0.2) is 32.8 Å². The zero-order valence-electron chi connectivity index (χ0n) is 13.9. The average Bonchev–Trinajstić information content (AvgIpc) is 2.43. The summed E-state index contributed by atoms with van der Waals surface area (Å²) in [4.78, 5) is 4.22. The van der Waals surface area contributed by atoms with Crippen molar-refractivity contribution in [3.63, 3.8) is 0 Å². The van der Waals surface area contributed by atoms with E-state index in [1.807, 2.05) is 24.3 Å². The smallest absolute Gasteiger partial charge is 0.191 e. The Bertz CT molecular complexity index is 475. The number of ether oxygens (including phenoxy) is 1. The topological polar surface area (TPSA) is 45.7 Å². The van der Waals surface area contributed by atoms with Crippen LogP contribution >= 0.6 is 35.6 Å². The van der Waals surface area contributed by atoms with Gasteiger partial charge in [-0.3, -0.25) is 4.99 Å². The molecule has 0 fully saturated rings. The molecular weight excluding hydrogens is 413 g/mol. The van der Waals surface area contributed by atoms with Gasteiger partial charge < -0.3 is 15.4 Å². The predicted octanol–water partition coefficient (Wildman–Crippen LogP) is 3.68. The van der Waals surface area contributed by atoms with Gasteiger partial charge in [0.25, 0.3) is 0 Å². The van der Waals surface area contributed by atoms with E-state index in [-0.39, 0.29) is 35.5 Å². The lowest BCUT2D eigenvalue weighted by Crippen LogP contribution is -2.45. The third kappa shape index (κ3) is 7.15. The van der Waals surface area contributed by atoms with Crippen molar-refractivity contribution in [3.8, 4) is 0 Å². The number of aliphatic imine (C=N–C) groups is 1.